The first-order chi connectivity index (χ1) is 11.4. The molecule has 0 spiro atoms. The van der Waals surface area contributed by atoms with E-state index in [1.807, 2.05) is 18.4 Å². The number of aliphatic carboxylic acids is 1. The van der Waals surface area contributed by atoms with Crippen molar-refractivity contribution in [3.05, 3.63) is 30.1 Å². The number of nitrogens with one attached hydrogen (secondary N) is 1. The Labute approximate surface area is 141 Å². The molecule has 6 nitrogen and oxygen atoms in total. The highest BCUT2D eigenvalue weighted by molar-refractivity contribution is 7.97. The van der Waals surface area contributed by atoms with Crippen molar-refractivity contribution in [2.75, 3.05) is 6.26 Å². The van der Waals surface area contributed by atoms with Gasteiger partial charge < -0.3 is 15.0 Å². The van der Waals surface area contributed by atoms with Crippen molar-refractivity contribution in [3.63, 3.8) is 0 Å². The molecule has 2 N–H and O–H groups in total. The summed E-state index contributed by atoms with van der Waals surface area (Å²) in [6.45, 7) is -0.177. The van der Waals surface area contributed by atoms with E-state index in [1.165, 1.54) is 11.8 Å². The minimum absolute atomic E-state index is 0.177. The average molecular weight is 357 g/mol. The van der Waals surface area contributed by atoms with Gasteiger partial charge in [-0.2, -0.15) is 11.8 Å². The second kappa shape index (κ2) is 8.09. The van der Waals surface area contributed by atoms with Crippen LogP contribution >= 0.6 is 11.8 Å². The number of amides is 1. The summed E-state index contributed by atoms with van der Waals surface area (Å²) in [7, 11) is 0. The molecule has 2 rings (SSSR count). The molecule has 1 amide bonds. The molecule has 0 aliphatic heterocycles. The lowest BCUT2D eigenvalue weighted by Gasteiger charge is -2.15. The Morgan fingerprint density at radius 1 is 1.38 bits per heavy atom. The van der Waals surface area contributed by atoms with Gasteiger partial charge >= 0.3 is 5.97 Å². The quantitative estimate of drug-likeness (QED) is 0.756. The standard InChI is InChI=1S/C15H17F2N3O3S/c1-24-8-13-18-9-4-2-3-5-11(9)20(13)7-14(21)19-10(15(22)23)6-12(16)17/h2-5,10,12H,6-8H2,1H3,(H,19,21)(H,22,23). The molecule has 1 unspecified atom stereocenters. The smallest absolute Gasteiger partial charge is 0.326 e. The van der Waals surface area contributed by atoms with Gasteiger partial charge in [-0.1, -0.05) is 12.1 Å². The normalized spacial score (nSPS) is 12.5. The molecule has 2 aromatic rings. The minimum atomic E-state index is -2.81. The summed E-state index contributed by atoms with van der Waals surface area (Å²) in [6, 6.07) is 5.62. The summed E-state index contributed by atoms with van der Waals surface area (Å²) in [5.41, 5.74) is 1.45. The number of imidazole rings is 1. The fraction of sp³-hybridized carbons (Fsp3) is 0.400. The average Bonchev–Trinajstić information content (AvgIpc) is 2.84. The van der Waals surface area contributed by atoms with E-state index < -0.39 is 30.8 Å². The largest absolute Gasteiger partial charge is 0.480 e. The van der Waals surface area contributed by atoms with Crippen LogP contribution in [0.15, 0.2) is 24.3 Å². The summed E-state index contributed by atoms with van der Waals surface area (Å²) in [5.74, 6) is -0.891. The molecule has 9 heteroatoms. The number of carboxylic acid groups (broad SMARTS) is 1. The van der Waals surface area contributed by atoms with E-state index in [1.54, 1.807) is 16.7 Å². The molecule has 1 heterocycles. The first-order valence-electron chi connectivity index (χ1n) is 7.15. The highest BCUT2D eigenvalue weighted by atomic mass is 32.2. The first-order valence-corrected chi connectivity index (χ1v) is 8.55. The van der Waals surface area contributed by atoms with Gasteiger partial charge in [-0.25, -0.2) is 18.6 Å². The monoisotopic (exact) mass is 357 g/mol. The molecule has 0 saturated carbocycles. The fourth-order valence-corrected chi connectivity index (χ4v) is 2.80. The lowest BCUT2D eigenvalue weighted by Crippen LogP contribution is -2.43. The zero-order valence-electron chi connectivity index (χ0n) is 12.9. The van der Waals surface area contributed by atoms with Crippen LogP contribution in [0.3, 0.4) is 0 Å². The summed E-state index contributed by atoms with van der Waals surface area (Å²) < 4.78 is 26.5. The fourth-order valence-electron chi connectivity index (χ4n) is 2.32. The van der Waals surface area contributed by atoms with Gasteiger partial charge in [-0.05, 0) is 18.4 Å². The van der Waals surface area contributed by atoms with Crippen LogP contribution in [0.1, 0.15) is 12.2 Å². The summed E-state index contributed by atoms with van der Waals surface area (Å²) in [6.07, 6.45) is -1.84. The number of thioether (sulfide) groups is 1. The van der Waals surface area contributed by atoms with Gasteiger partial charge in [-0.3, -0.25) is 4.79 Å². The van der Waals surface area contributed by atoms with Crippen molar-refractivity contribution in [1.82, 2.24) is 14.9 Å². The highest BCUT2D eigenvalue weighted by Crippen LogP contribution is 2.19. The number of halogens is 2. The Balaban J connectivity index is 2.20. The first kappa shape index (κ1) is 18.2. The molecule has 0 fully saturated rings. The van der Waals surface area contributed by atoms with Gasteiger partial charge in [0.15, 0.2) is 0 Å². The molecule has 1 aromatic carbocycles. The molecular weight excluding hydrogens is 340 g/mol. The molecule has 130 valence electrons. The molecular formula is C15H17F2N3O3S. The second-order valence-corrected chi connectivity index (χ2v) is 5.99. The number of fused-ring (bicyclic) bond motifs is 1. The number of aromatic nitrogens is 2. The van der Waals surface area contributed by atoms with E-state index in [-0.39, 0.29) is 6.54 Å². The van der Waals surface area contributed by atoms with Crippen molar-refractivity contribution in [1.29, 1.82) is 0 Å². The van der Waals surface area contributed by atoms with Gasteiger partial charge in [0.25, 0.3) is 0 Å². The SMILES string of the molecule is CSCc1nc2ccccc2n1CC(=O)NC(CC(F)F)C(=O)O. The van der Waals surface area contributed by atoms with Crippen LogP contribution in [0.25, 0.3) is 11.0 Å². The topological polar surface area (TPSA) is 84.2 Å². The Kier molecular flexibility index (Phi) is 6.13. The van der Waals surface area contributed by atoms with Crippen molar-refractivity contribution in [3.8, 4) is 0 Å². The van der Waals surface area contributed by atoms with Gasteiger partial charge in [0.05, 0.1) is 16.8 Å². The van der Waals surface area contributed by atoms with E-state index in [2.05, 4.69) is 10.3 Å². The van der Waals surface area contributed by atoms with Crippen molar-refractivity contribution >= 4 is 34.7 Å². The number of para-hydroxylation sites is 2. The maximum Gasteiger partial charge on any atom is 0.326 e. The van der Waals surface area contributed by atoms with Crippen LogP contribution < -0.4 is 5.32 Å². The molecule has 0 aliphatic rings. The van der Waals surface area contributed by atoms with Crippen molar-refractivity contribution in [2.45, 2.75) is 31.2 Å². The number of carbonyl (C=O) groups excluding carboxylic acids is 1. The molecule has 24 heavy (non-hydrogen) atoms. The van der Waals surface area contributed by atoms with E-state index >= 15 is 0 Å². The van der Waals surface area contributed by atoms with Crippen LogP contribution in [0.5, 0.6) is 0 Å². The van der Waals surface area contributed by atoms with Crippen molar-refractivity contribution in [2.24, 2.45) is 0 Å². The third-order valence-corrected chi connectivity index (χ3v) is 3.90. The van der Waals surface area contributed by atoms with E-state index in [0.717, 1.165) is 11.0 Å². The van der Waals surface area contributed by atoms with Gasteiger partial charge in [0.1, 0.15) is 18.4 Å². The van der Waals surface area contributed by atoms with Crippen LogP contribution in [0.4, 0.5) is 8.78 Å². The van der Waals surface area contributed by atoms with Crippen molar-refractivity contribution < 1.29 is 23.5 Å². The number of nitrogens with zero attached hydrogens (tertiary/aromatic N) is 2. The number of rotatable bonds is 8. The molecule has 0 radical (unpaired) electrons. The van der Waals surface area contributed by atoms with E-state index in [4.69, 9.17) is 5.11 Å². The predicted octanol–water partition coefficient (Wildman–Crippen LogP) is 2.12. The molecule has 0 aliphatic carbocycles. The van der Waals surface area contributed by atoms with Gasteiger partial charge in [0, 0.05) is 6.42 Å². The number of hydrogen-bond acceptors (Lipinski definition) is 4. The maximum absolute atomic E-state index is 12.4. The van der Waals surface area contributed by atoms with E-state index in [0.29, 0.717) is 11.6 Å². The number of hydrogen-bond donors (Lipinski definition) is 2. The second-order valence-electron chi connectivity index (χ2n) is 5.12. The lowest BCUT2D eigenvalue weighted by molar-refractivity contribution is -0.143. The Morgan fingerprint density at radius 2 is 2.08 bits per heavy atom. The number of alkyl halides is 2. The van der Waals surface area contributed by atoms with Crippen LogP contribution in [0.2, 0.25) is 0 Å². The lowest BCUT2D eigenvalue weighted by atomic mass is 10.2. The zero-order valence-corrected chi connectivity index (χ0v) is 13.7. The number of carbonyl (C=O) groups is 2. The summed E-state index contributed by atoms with van der Waals surface area (Å²) in [4.78, 5) is 27.6. The predicted molar refractivity (Wildman–Crippen MR) is 87.1 cm³/mol. The van der Waals surface area contributed by atoms with E-state index in [9.17, 15) is 18.4 Å². The third kappa shape index (κ3) is 4.44. The molecule has 0 saturated heterocycles. The molecule has 1 atom stereocenters. The Hall–Kier alpha value is -2.16. The molecule has 0 bridgehead atoms. The number of carboxylic acids is 1. The maximum atomic E-state index is 12.4. The van der Waals surface area contributed by atoms with Crippen LogP contribution in [-0.2, 0) is 21.9 Å². The van der Waals surface area contributed by atoms with Gasteiger partial charge in [0.2, 0.25) is 12.3 Å². The highest BCUT2D eigenvalue weighted by Gasteiger charge is 2.24. The Bertz CT molecular complexity index is 736. The minimum Gasteiger partial charge on any atom is -0.480 e. The summed E-state index contributed by atoms with van der Waals surface area (Å²) in [5, 5.41) is 11.1. The van der Waals surface area contributed by atoms with Crippen LogP contribution in [0, 0.1) is 0 Å². The van der Waals surface area contributed by atoms with Gasteiger partial charge in [-0.15, -0.1) is 0 Å². The summed E-state index contributed by atoms with van der Waals surface area (Å²) >= 11 is 1.53. The zero-order chi connectivity index (χ0) is 17.7. The van der Waals surface area contributed by atoms with Crippen LogP contribution in [-0.4, -0.2) is 45.3 Å². The third-order valence-electron chi connectivity index (χ3n) is 3.36. The Morgan fingerprint density at radius 3 is 2.71 bits per heavy atom. The number of benzene rings is 1. The molecule has 1 aromatic heterocycles.